The van der Waals surface area contributed by atoms with Crippen LogP contribution in [0.4, 0.5) is 0 Å². The van der Waals surface area contributed by atoms with Crippen LogP contribution in [0.1, 0.15) is 43.4 Å². The van der Waals surface area contributed by atoms with Gasteiger partial charge in [0.1, 0.15) is 0 Å². The highest BCUT2D eigenvalue weighted by Crippen LogP contribution is 2.16. The van der Waals surface area contributed by atoms with Gasteiger partial charge in [-0.05, 0) is 31.4 Å². The first-order chi connectivity index (χ1) is 8.50. The fourth-order valence-electron chi connectivity index (χ4n) is 1.86. The van der Waals surface area contributed by atoms with Gasteiger partial charge in [0.05, 0.1) is 6.04 Å². The minimum Gasteiger partial charge on any atom is -0.481 e. The molecule has 1 aromatic rings. The van der Waals surface area contributed by atoms with E-state index in [4.69, 9.17) is 5.11 Å². The molecule has 0 aliphatic heterocycles. The highest BCUT2D eigenvalue weighted by Gasteiger charge is 2.11. The maximum Gasteiger partial charge on any atom is 0.303 e. The third kappa shape index (κ3) is 4.57. The molecule has 0 saturated heterocycles. The number of hydrogen-bond acceptors (Lipinski definition) is 2. The third-order valence-corrected chi connectivity index (χ3v) is 2.83. The van der Waals surface area contributed by atoms with Gasteiger partial charge in [-0.1, -0.05) is 24.3 Å². The fourth-order valence-corrected chi connectivity index (χ4v) is 1.86. The molecule has 0 fully saturated rings. The zero-order valence-electron chi connectivity index (χ0n) is 10.8. The van der Waals surface area contributed by atoms with Gasteiger partial charge in [0, 0.05) is 12.8 Å². The van der Waals surface area contributed by atoms with Crippen molar-refractivity contribution in [3.05, 3.63) is 35.4 Å². The van der Waals surface area contributed by atoms with Gasteiger partial charge in [0.25, 0.3) is 0 Å². The molecule has 1 amide bonds. The van der Waals surface area contributed by atoms with Crippen LogP contribution in [0.15, 0.2) is 24.3 Å². The Bertz CT molecular complexity index is 429. The maximum atomic E-state index is 11.6. The number of carbonyl (C=O) groups excluding carboxylic acids is 1. The van der Waals surface area contributed by atoms with E-state index in [1.54, 1.807) is 0 Å². The van der Waals surface area contributed by atoms with Gasteiger partial charge < -0.3 is 10.4 Å². The molecule has 1 atom stereocenters. The lowest BCUT2D eigenvalue weighted by Gasteiger charge is -2.16. The van der Waals surface area contributed by atoms with Crippen LogP contribution in [0, 0.1) is 6.92 Å². The molecule has 0 aliphatic rings. The Labute approximate surface area is 107 Å². The van der Waals surface area contributed by atoms with Crippen molar-refractivity contribution in [1.82, 2.24) is 5.32 Å². The molecule has 0 radical (unpaired) electrons. The van der Waals surface area contributed by atoms with Gasteiger partial charge in [-0.2, -0.15) is 0 Å². The molecule has 0 spiro atoms. The van der Waals surface area contributed by atoms with Gasteiger partial charge in [-0.3, -0.25) is 9.59 Å². The van der Waals surface area contributed by atoms with E-state index in [0.29, 0.717) is 6.42 Å². The summed E-state index contributed by atoms with van der Waals surface area (Å²) in [5, 5.41) is 11.4. The second-order valence-electron chi connectivity index (χ2n) is 4.39. The molecular formula is C14H19NO3. The molecule has 18 heavy (non-hydrogen) atoms. The first-order valence-electron chi connectivity index (χ1n) is 6.07. The molecule has 0 aromatic heterocycles. The average Bonchev–Trinajstić information content (AvgIpc) is 2.28. The van der Waals surface area contributed by atoms with E-state index in [-0.39, 0.29) is 24.8 Å². The lowest BCUT2D eigenvalue weighted by molar-refractivity contribution is -0.137. The number of benzene rings is 1. The molecule has 2 N–H and O–H groups in total. The number of aliphatic carboxylic acids is 1. The predicted octanol–water partition coefficient (Wildman–Crippen LogP) is 2.43. The molecule has 0 saturated carbocycles. The Hall–Kier alpha value is -1.84. The first kappa shape index (κ1) is 14.2. The zero-order valence-corrected chi connectivity index (χ0v) is 10.8. The number of amides is 1. The van der Waals surface area contributed by atoms with E-state index in [9.17, 15) is 9.59 Å². The van der Waals surface area contributed by atoms with Gasteiger partial charge in [-0.25, -0.2) is 0 Å². The van der Waals surface area contributed by atoms with E-state index >= 15 is 0 Å². The SMILES string of the molecule is Cc1ccccc1C(C)NC(=O)CCCC(=O)O. The molecular weight excluding hydrogens is 230 g/mol. The monoisotopic (exact) mass is 249 g/mol. The van der Waals surface area contributed by atoms with Crippen LogP contribution >= 0.6 is 0 Å². The topological polar surface area (TPSA) is 66.4 Å². The quantitative estimate of drug-likeness (QED) is 0.813. The molecule has 1 rings (SSSR count). The Balaban J connectivity index is 2.45. The Morgan fingerprint density at radius 1 is 1.28 bits per heavy atom. The standard InChI is InChI=1S/C14H19NO3/c1-10-6-3-4-7-12(10)11(2)15-13(16)8-5-9-14(17)18/h3-4,6-7,11H,5,8-9H2,1-2H3,(H,15,16)(H,17,18). The van der Waals surface area contributed by atoms with Gasteiger partial charge >= 0.3 is 5.97 Å². The minimum atomic E-state index is -0.866. The van der Waals surface area contributed by atoms with Crippen molar-refractivity contribution in [2.75, 3.05) is 0 Å². The van der Waals surface area contributed by atoms with Crippen LogP contribution in [0.2, 0.25) is 0 Å². The van der Waals surface area contributed by atoms with Crippen molar-refractivity contribution < 1.29 is 14.7 Å². The van der Waals surface area contributed by atoms with E-state index in [1.165, 1.54) is 0 Å². The van der Waals surface area contributed by atoms with Crippen molar-refractivity contribution in [1.29, 1.82) is 0 Å². The van der Waals surface area contributed by atoms with Crippen LogP contribution in [0.25, 0.3) is 0 Å². The van der Waals surface area contributed by atoms with Crippen molar-refractivity contribution in [3.63, 3.8) is 0 Å². The maximum absolute atomic E-state index is 11.6. The normalized spacial score (nSPS) is 11.9. The second kappa shape index (κ2) is 6.79. The number of carboxylic acid groups (broad SMARTS) is 1. The molecule has 4 nitrogen and oxygen atoms in total. The Kier molecular flexibility index (Phi) is 5.36. The summed E-state index contributed by atoms with van der Waals surface area (Å²) in [5.74, 6) is -0.971. The number of nitrogens with one attached hydrogen (secondary N) is 1. The summed E-state index contributed by atoms with van der Waals surface area (Å²) in [6, 6.07) is 7.83. The molecule has 1 aromatic carbocycles. The number of aryl methyl sites for hydroxylation is 1. The summed E-state index contributed by atoms with van der Waals surface area (Å²) in [5.41, 5.74) is 2.22. The highest BCUT2D eigenvalue weighted by atomic mass is 16.4. The summed E-state index contributed by atoms with van der Waals surface area (Å²) in [4.78, 5) is 22.0. The second-order valence-corrected chi connectivity index (χ2v) is 4.39. The van der Waals surface area contributed by atoms with Crippen LogP contribution < -0.4 is 5.32 Å². The third-order valence-electron chi connectivity index (χ3n) is 2.83. The van der Waals surface area contributed by atoms with Crippen molar-refractivity contribution in [3.8, 4) is 0 Å². The van der Waals surface area contributed by atoms with E-state index < -0.39 is 5.97 Å². The Morgan fingerprint density at radius 3 is 2.56 bits per heavy atom. The lowest BCUT2D eigenvalue weighted by Crippen LogP contribution is -2.26. The van der Waals surface area contributed by atoms with Gasteiger partial charge in [-0.15, -0.1) is 0 Å². The van der Waals surface area contributed by atoms with E-state index in [0.717, 1.165) is 11.1 Å². The van der Waals surface area contributed by atoms with Crippen LogP contribution in [-0.2, 0) is 9.59 Å². The Morgan fingerprint density at radius 2 is 1.94 bits per heavy atom. The smallest absolute Gasteiger partial charge is 0.303 e. The van der Waals surface area contributed by atoms with Gasteiger partial charge in [0.2, 0.25) is 5.91 Å². The first-order valence-corrected chi connectivity index (χ1v) is 6.07. The van der Waals surface area contributed by atoms with Crippen molar-refractivity contribution in [2.24, 2.45) is 0 Å². The highest BCUT2D eigenvalue weighted by molar-refractivity contribution is 5.77. The van der Waals surface area contributed by atoms with Crippen LogP contribution in [0.3, 0.4) is 0 Å². The molecule has 98 valence electrons. The van der Waals surface area contributed by atoms with E-state index in [2.05, 4.69) is 5.32 Å². The summed E-state index contributed by atoms with van der Waals surface area (Å²) in [7, 11) is 0. The molecule has 1 unspecified atom stereocenters. The zero-order chi connectivity index (χ0) is 13.5. The summed E-state index contributed by atoms with van der Waals surface area (Å²) in [6.45, 7) is 3.93. The van der Waals surface area contributed by atoms with Crippen molar-refractivity contribution in [2.45, 2.75) is 39.2 Å². The largest absolute Gasteiger partial charge is 0.481 e. The summed E-state index contributed by atoms with van der Waals surface area (Å²) >= 11 is 0. The van der Waals surface area contributed by atoms with Crippen molar-refractivity contribution >= 4 is 11.9 Å². The number of hydrogen-bond donors (Lipinski definition) is 2. The fraction of sp³-hybridized carbons (Fsp3) is 0.429. The minimum absolute atomic E-state index is 0.0339. The van der Waals surface area contributed by atoms with Gasteiger partial charge in [0.15, 0.2) is 0 Å². The number of carbonyl (C=O) groups is 2. The predicted molar refractivity (Wildman–Crippen MR) is 69.2 cm³/mol. The summed E-state index contributed by atoms with van der Waals surface area (Å²) in [6.07, 6.45) is 0.663. The molecule has 0 bridgehead atoms. The number of carboxylic acids is 1. The molecule has 0 heterocycles. The summed E-state index contributed by atoms with van der Waals surface area (Å²) < 4.78 is 0. The average molecular weight is 249 g/mol. The molecule has 0 aliphatic carbocycles. The van der Waals surface area contributed by atoms with Crippen LogP contribution in [0.5, 0.6) is 0 Å². The number of rotatable bonds is 6. The van der Waals surface area contributed by atoms with Crippen LogP contribution in [-0.4, -0.2) is 17.0 Å². The van der Waals surface area contributed by atoms with E-state index in [1.807, 2.05) is 38.1 Å². The molecule has 4 heteroatoms. The lowest BCUT2D eigenvalue weighted by atomic mass is 10.0.